The number of halogens is 3. The number of hydrogen-bond donors (Lipinski definition) is 1. The highest BCUT2D eigenvalue weighted by Crippen LogP contribution is 2.30. The van der Waals surface area contributed by atoms with E-state index < -0.39 is 28.3 Å². The summed E-state index contributed by atoms with van der Waals surface area (Å²) in [6, 6.07) is 0.563. The molecule has 0 atom stereocenters. The molecule has 1 aromatic rings. The summed E-state index contributed by atoms with van der Waals surface area (Å²) in [5, 5.41) is 10.4. The third-order valence-electron chi connectivity index (χ3n) is 1.58. The minimum atomic E-state index is -5.15. The number of alkyl halides is 3. The van der Waals surface area contributed by atoms with Gasteiger partial charge in [0.1, 0.15) is 0 Å². The van der Waals surface area contributed by atoms with Gasteiger partial charge in [-0.05, 0) is 0 Å². The molecule has 10 heteroatoms. The van der Waals surface area contributed by atoms with E-state index in [9.17, 15) is 28.1 Å². The van der Waals surface area contributed by atoms with Gasteiger partial charge in [0.2, 0.25) is 5.75 Å². The molecule has 0 amide bonds. The Bertz CT molecular complexity index is 495. The standard InChI is InChI=1S/C7H5F3N2O5/c1-16-4-2-3(17-7(8,9)10)5(12(14)15)6(13)11-4/h2H,1H3,(H,11,13). The van der Waals surface area contributed by atoms with Crippen molar-refractivity contribution in [2.75, 3.05) is 7.11 Å². The molecule has 0 radical (unpaired) electrons. The van der Waals surface area contributed by atoms with Crippen molar-refractivity contribution in [1.29, 1.82) is 0 Å². The number of rotatable bonds is 3. The Hall–Kier alpha value is -2.26. The maximum atomic E-state index is 12.0. The zero-order valence-electron chi connectivity index (χ0n) is 8.20. The Balaban J connectivity index is 3.38. The number of methoxy groups -OCH3 is 1. The molecular formula is C7H5F3N2O5. The third kappa shape index (κ3) is 3.09. The molecule has 1 aromatic heterocycles. The van der Waals surface area contributed by atoms with Gasteiger partial charge in [0, 0.05) is 6.07 Å². The average Bonchev–Trinajstić information content (AvgIpc) is 2.13. The van der Waals surface area contributed by atoms with E-state index in [0.717, 1.165) is 7.11 Å². The molecule has 1 N–H and O–H groups in total. The predicted octanol–water partition coefficient (Wildman–Crippen LogP) is 1.19. The fraction of sp³-hybridized carbons (Fsp3) is 0.286. The summed E-state index contributed by atoms with van der Waals surface area (Å²) >= 11 is 0. The summed E-state index contributed by atoms with van der Waals surface area (Å²) in [6.07, 6.45) is -5.15. The van der Waals surface area contributed by atoms with Crippen LogP contribution in [-0.4, -0.2) is 23.4 Å². The first kappa shape index (κ1) is 12.8. The lowest BCUT2D eigenvalue weighted by molar-refractivity contribution is -0.390. The van der Waals surface area contributed by atoms with Gasteiger partial charge in [0.25, 0.3) is 0 Å². The topological polar surface area (TPSA) is 94.5 Å². The summed E-state index contributed by atoms with van der Waals surface area (Å²) in [4.78, 5) is 22.1. The van der Waals surface area contributed by atoms with Crippen molar-refractivity contribution in [3.8, 4) is 11.6 Å². The monoisotopic (exact) mass is 254 g/mol. The van der Waals surface area contributed by atoms with Gasteiger partial charge in [-0.3, -0.25) is 19.9 Å². The molecule has 0 aromatic carbocycles. The maximum absolute atomic E-state index is 12.0. The second-order valence-corrected chi connectivity index (χ2v) is 2.68. The lowest BCUT2D eigenvalue weighted by atomic mass is 10.4. The highest BCUT2D eigenvalue weighted by atomic mass is 19.4. The second-order valence-electron chi connectivity index (χ2n) is 2.68. The fourth-order valence-corrected chi connectivity index (χ4v) is 0.992. The fourth-order valence-electron chi connectivity index (χ4n) is 0.992. The van der Waals surface area contributed by atoms with Crippen LogP contribution in [0.2, 0.25) is 0 Å². The smallest absolute Gasteiger partial charge is 0.482 e. The lowest BCUT2D eigenvalue weighted by Crippen LogP contribution is -2.21. The Labute approximate surface area is 90.9 Å². The summed E-state index contributed by atoms with van der Waals surface area (Å²) < 4.78 is 43.7. The second kappa shape index (κ2) is 4.31. The predicted molar refractivity (Wildman–Crippen MR) is 47.0 cm³/mol. The molecule has 94 valence electrons. The molecule has 0 bridgehead atoms. The zero-order chi connectivity index (χ0) is 13.2. The molecule has 0 aliphatic rings. The molecule has 7 nitrogen and oxygen atoms in total. The molecule has 1 rings (SSSR count). The van der Waals surface area contributed by atoms with Crippen LogP contribution >= 0.6 is 0 Å². The van der Waals surface area contributed by atoms with E-state index in [2.05, 4.69) is 9.47 Å². The molecule has 0 saturated heterocycles. The first-order valence-electron chi connectivity index (χ1n) is 3.96. The number of hydrogen-bond acceptors (Lipinski definition) is 5. The molecule has 17 heavy (non-hydrogen) atoms. The SMILES string of the molecule is COc1cc(OC(F)(F)F)c([N+](=O)[O-])c(=O)[nH]1. The van der Waals surface area contributed by atoms with E-state index in [0.29, 0.717) is 6.07 Å². The van der Waals surface area contributed by atoms with Crippen molar-refractivity contribution >= 4 is 5.69 Å². The van der Waals surface area contributed by atoms with E-state index in [-0.39, 0.29) is 5.88 Å². The Morgan fingerprint density at radius 2 is 2.06 bits per heavy atom. The van der Waals surface area contributed by atoms with Crippen molar-refractivity contribution in [1.82, 2.24) is 4.98 Å². The molecular weight excluding hydrogens is 249 g/mol. The Kier molecular flexibility index (Phi) is 3.25. The van der Waals surface area contributed by atoms with Gasteiger partial charge in [0.15, 0.2) is 5.88 Å². The van der Waals surface area contributed by atoms with Crippen LogP contribution in [0, 0.1) is 10.1 Å². The van der Waals surface area contributed by atoms with Gasteiger partial charge in [-0.2, -0.15) is 0 Å². The number of ether oxygens (including phenoxy) is 2. The zero-order valence-corrected chi connectivity index (χ0v) is 8.20. The molecule has 0 aliphatic heterocycles. The van der Waals surface area contributed by atoms with Crippen molar-refractivity contribution in [2.24, 2.45) is 0 Å². The third-order valence-corrected chi connectivity index (χ3v) is 1.58. The van der Waals surface area contributed by atoms with Crippen molar-refractivity contribution in [3.05, 3.63) is 26.5 Å². The van der Waals surface area contributed by atoms with Crippen LogP contribution < -0.4 is 15.0 Å². The van der Waals surface area contributed by atoms with Gasteiger partial charge in [-0.25, -0.2) is 0 Å². The van der Waals surface area contributed by atoms with Crippen LogP contribution in [0.1, 0.15) is 0 Å². The molecule has 0 fully saturated rings. The molecule has 0 spiro atoms. The van der Waals surface area contributed by atoms with E-state index in [1.165, 1.54) is 0 Å². The Morgan fingerprint density at radius 3 is 2.47 bits per heavy atom. The minimum absolute atomic E-state index is 0.389. The number of nitrogens with zero attached hydrogens (tertiary/aromatic N) is 1. The first-order valence-corrected chi connectivity index (χ1v) is 3.96. The largest absolute Gasteiger partial charge is 0.573 e. The highest BCUT2D eigenvalue weighted by molar-refractivity contribution is 5.46. The minimum Gasteiger partial charge on any atom is -0.482 e. The van der Waals surface area contributed by atoms with E-state index >= 15 is 0 Å². The lowest BCUT2D eigenvalue weighted by Gasteiger charge is -2.09. The van der Waals surface area contributed by atoms with E-state index in [1.54, 1.807) is 0 Å². The van der Waals surface area contributed by atoms with Gasteiger partial charge < -0.3 is 9.47 Å². The van der Waals surface area contributed by atoms with Gasteiger partial charge in [0.05, 0.1) is 12.0 Å². The number of nitro groups is 1. The summed E-state index contributed by atoms with van der Waals surface area (Å²) in [5.74, 6) is -1.62. The van der Waals surface area contributed by atoms with Crippen LogP contribution in [0.3, 0.4) is 0 Å². The molecule has 1 heterocycles. The number of nitrogens with one attached hydrogen (secondary N) is 1. The number of H-pyrrole nitrogens is 1. The van der Waals surface area contributed by atoms with Gasteiger partial charge >= 0.3 is 17.6 Å². The number of aromatic amines is 1. The molecule has 0 aliphatic carbocycles. The number of aromatic nitrogens is 1. The molecule has 0 saturated carbocycles. The van der Waals surface area contributed by atoms with Crippen molar-refractivity contribution < 1.29 is 27.6 Å². The first-order chi connectivity index (χ1) is 7.74. The average molecular weight is 254 g/mol. The maximum Gasteiger partial charge on any atom is 0.573 e. The van der Waals surface area contributed by atoms with Crippen molar-refractivity contribution in [3.63, 3.8) is 0 Å². The number of pyridine rings is 1. The quantitative estimate of drug-likeness (QED) is 0.645. The van der Waals surface area contributed by atoms with Gasteiger partial charge in [-0.1, -0.05) is 0 Å². The summed E-state index contributed by atoms with van der Waals surface area (Å²) in [5.41, 5.74) is -2.70. The normalized spacial score (nSPS) is 11.1. The van der Waals surface area contributed by atoms with E-state index in [1.807, 2.05) is 4.98 Å². The van der Waals surface area contributed by atoms with Crippen LogP contribution in [-0.2, 0) is 0 Å². The van der Waals surface area contributed by atoms with Crippen LogP contribution in [0.4, 0.5) is 18.9 Å². The Morgan fingerprint density at radius 1 is 1.47 bits per heavy atom. The summed E-state index contributed by atoms with van der Waals surface area (Å²) in [7, 11) is 1.06. The van der Waals surface area contributed by atoms with Crippen LogP contribution in [0.5, 0.6) is 11.6 Å². The molecule has 0 unspecified atom stereocenters. The summed E-state index contributed by atoms with van der Waals surface area (Å²) in [6.45, 7) is 0. The van der Waals surface area contributed by atoms with Crippen LogP contribution in [0.15, 0.2) is 10.9 Å². The van der Waals surface area contributed by atoms with E-state index in [4.69, 9.17) is 0 Å². The van der Waals surface area contributed by atoms with Crippen molar-refractivity contribution in [2.45, 2.75) is 6.36 Å². The van der Waals surface area contributed by atoms with Crippen LogP contribution in [0.25, 0.3) is 0 Å². The highest BCUT2D eigenvalue weighted by Gasteiger charge is 2.36. The van der Waals surface area contributed by atoms with Gasteiger partial charge in [-0.15, -0.1) is 13.2 Å².